The second-order valence-corrected chi connectivity index (χ2v) is 3.37. The van der Waals surface area contributed by atoms with Gasteiger partial charge in [0.1, 0.15) is 0 Å². The van der Waals surface area contributed by atoms with Crippen LogP contribution in [-0.2, 0) is 4.79 Å². The first-order chi connectivity index (χ1) is 6.77. The number of anilines is 1. The molecule has 0 spiro atoms. The van der Waals surface area contributed by atoms with Gasteiger partial charge in [-0.3, -0.25) is 4.79 Å². The van der Waals surface area contributed by atoms with Crippen molar-refractivity contribution in [3.8, 4) is 0 Å². The van der Waals surface area contributed by atoms with E-state index in [0.717, 1.165) is 18.5 Å². The van der Waals surface area contributed by atoms with Gasteiger partial charge in [0.05, 0.1) is 0 Å². The number of carbonyl (C=O) groups excluding carboxylic acids is 1. The predicted octanol–water partition coefficient (Wildman–Crippen LogP) is 3.06. The van der Waals surface area contributed by atoms with E-state index in [1.165, 1.54) is 0 Å². The summed E-state index contributed by atoms with van der Waals surface area (Å²) in [5.41, 5.74) is 0.879. The molecule has 1 amide bonds. The molecular formula is C12H17NO. The van der Waals surface area contributed by atoms with Gasteiger partial charge in [-0.2, -0.15) is 0 Å². The van der Waals surface area contributed by atoms with Gasteiger partial charge < -0.3 is 5.32 Å². The lowest BCUT2D eigenvalue weighted by Crippen LogP contribution is -2.21. The molecule has 1 aromatic rings. The van der Waals surface area contributed by atoms with E-state index in [9.17, 15) is 4.79 Å². The molecule has 0 aliphatic heterocycles. The number of hydrogen-bond donors (Lipinski definition) is 1. The fraction of sp³-hybridized carbons (Fsp3) is 0.417. The van der Waals surface area contributed by atoms with E-state index < -0.39 is 0 Å². The lowest BCUT2D eigenvalue weighted by molar-refractivity contribution is -0.120. The minimum Gasteiger partial charge on any atom is -0.326 e. The van der Waals surface area contributed by atoms with Gasteiger partial charge in [-0.25, -0.2) is 0 Å². The Morgan fingerprint density at radius 2 is 1.79 bits per heavy atom. The summed E-state index contributed by atoms with van der Waals surface area (Å²) in [6, 6.07) is 9.58. The van der Waals surface area contributed by atoms with Gasteiger partial charge in [-0.05, 0) is 25.0 Å². The molecule has 0 atom stereocenters. The maximum Gasteiger partial charge on any atom is 0.227 e. The fourth-order valence-corrected chi connectivity index (χ4v) is 1.43. The van der Waals surface area contributed by atoms with Crippen molar-refractivity contribution in [2.45, 2.75) is 26.7 Å². The zero-order valence-electron chi connectivity index (χ0n) is 8.79. The predicted molar refractivity (Wildman–Crippen MR) is 59.1 cm³/mol. The van der Waals surface area contributed by atoms with Gasteiger partial charge in [0.25, 0.3) is 0 Å². The molecule has 0 fully saturated rings. The lowest BCUT2D eigenvalue weighted by Gasteiger charge is -2.12. The number of rotatable bonds is 4. The molecule has 0 unspecified atom stereocenters. The van der Waals surface area contributed by atoms with Crippen molar-refractivity contribution in [1.82, 2.24) is 0 Å². The van der Waals surface area contributed by atoms with Crippen molar-refractivity contribution >= 4 is 11.6 Å². The SMILES string of the molecule is CCC(CC)C(=O)Nc1ccccc1. The van der Waals surface area contributed by atoms with Crippen LogP contribution in [0.15, 0.2) is 30.3 Å². The molecule has 1 aromatic carbocycles. The van der Waals surface area contributed by atoms with E-state index in [1.54, 1.807) is 0 Å². The molecule has 2 heteroatoms. The van der Waals surface area contributed by atoms with Crippen LogP contribution in [0.25, 0.3) is 0 Å². The van der Waals surface area contributed by atoms with Crippen LogP contribution in [0.5, 0.6) is 0 Å². The third kappa shape index (κ3) is 2.87. The monoisotopic (exact) mass is 191 g/mol. The molecular weight excluding hydrogens is 174 g/mol. The van der Waals surface area contributed by atoms with Crippen LogP contribution in [0.4, 0.5) is 5.69 Å². The van der Waals surface area contributed by atoms with Crippen molar-refractivity contribution in [2.24, 2.45) is 5.92 Å². The quantitative estimate of drug-likeness (QED) is 0.778. The number of para-hydroxylation sites is 1. The van der Waals surface area contributed by atoms with Crippen LogP contribution in [0.1, 0.15) is 26.7 Å². The van der Waals surface area contributed by atoms with Crippen LogP contribution >= 0.6 is 0 Å². The molecule has 0 bridgehead atoms. The Kier molecular flexibility index (Phi) is 4.17. The standard InChI is InChI=1S/C12H17NO/c1-3-10(4-2)12(14)13-11-8-6-5-7-9-11/h5-10H,3-4H2,1-2H3,(H,13,14). The lowest BCUT2D eigenvalue weighted by atomic mass is 10.0. The van der Waals surface area contributed by atoms with E-state index in [-0.39, 0.29) is 11.8 Å². The summed E-state index contributed by atoms with van der Waals surface area (Å²) >= 11 is 0. The Morgan fingerprint density at radius 1 is 1.21 bits per heavy atom. The highest BCUT2D eigenvalue weighted by Crippen LogP contribution is 2.12. The normalized spacial score (nSPS) is 10.2. The van der Waals surface area contributed by atoms with Crippen LogP contribution in [0.2, 0.25) is 0 Å². The number of benzene rings is 1. The molecule has 1 rings (SSSR count). The average molecular weight is 191 g/mol. The van der Waals surface area contributed by atoms with E-state index in [2.05, 4.69) is 5.32 Å². The largest absolute Gasteiger partial charge is 0.326 e. The van der Waals surface area contributed by atoms with E-state index in [0.29, 0.717) is 0 Å². The molecule has 0 aliphatic rings. The Labute approximate surface area is 85.3 Å². The summed E-state index contributed by atoms with van der Waals surface area (Å²) in [6.45, 7) is 4.08. The zero-order valence-corrected chi connectivity index (χ0v) is 8.79. The number of hydrogen-bond acceptors (Lipinski definition) is 1. The fourth-order valence-electron chi connectivity index (χ4n) is 1.43. The van der Waals surface area contributed by atoms with Crippen molar-refractivity contribution in [1.29, 1.82) is 0 Å². The van der Waals surface area contributed by atoms with E-state index in [4.69, 9.17) is 0 Å². The Hall–Kier alpha value is -1.31. The highest BCUT2D eigenvalue weighted by atomic mass is 16.1. The van der Waals surface area contributed by atoms with Gasteiger partial charge >= 0.3 is 0 Å². The second-order valence-electron chi connectivity index (χ2n) is 3.37. The summed E-state index contributed by atoms with van der Waals surface area (Å²) in [4.78, 5) is 11.7. The van der Waals surface area contributed by atoms with Gasteiger partial charge in [-0.15, -0.1) is 0 Å². The van der Waals surface area contributed by atoms with Crippen LogP contribution < -0.4 is 5.32 Å². The van der Waals surface area contributed by atoms with Gasteiger partial charge in [0.15, 0.2) is 0 Å². The second kappa shape index (κ2) is 5.43. The van der Waals surface area contributed by atoms with Crippen molar-refractivity contribution in [3.05, 3.63) is 30.3 Å². The highest BCUT2D eigenvalue weighted by molar-refractivity contribution is 5.92. The highest BCUT2D eigenvalue weighted by Gasteiger charge is 2.13. The number of amides is 1. The maximum absolute atomic E-state index is 11.7. The smallest absolute Gasteiger partial charge is 0.227 e. The molecule has 2 nitrogen and oxygen atoms in total. The van der Waals surface area contributed by atoms with E-state index >= 15 is 0 Å². The van der Waals surface area contributed by atoms with Crippen LogP contribution in [0.3, 0.4) is 0 Å². The summed E-state index contributed by atoms with van der Waals surface area (Å²) < 4.78 is 0. The van der Waals surface area contributed by atoms with Gasteiger partial charge in [-0.1, -0.05) is 32.0 Å². The van der Waals surface area contributed by atoms with Crippen LogP contribution in [-0.4, -0.2) is 5.91 Å². The molecule has 0 aliphatic carbocycles. The third-order valence-electron chi connectivity index (χ3n) is 2.40. The summed E-state index contributed by atoms with van der Waals surface area (Å²) in [5, 5.41) is 2.90. The first-order valence-corrected chi connectivity index (χ1v) is 5.13. The topological polar surface area (TPSA) is 29.1 Å². The Bertz CT molecular complexity index is 278. The van der Waals surface area contributed by atoms with Crippen molar-refractivity contribution in [2.75, 3.05) is 5.32 Å². The Balaban J connectivity index is 2.57. The Morgan fingerprint density at radius 3 is 2.29 bits per heavy atom. The summed E-state index contributed by atoms with van der Waals surface area (Å²) in [7, 11) is 0. The van der Waals surface area contributed by atoms with Gasteiger partial charge in [0.2, 0.25) is 5.91 Å². The number of nitrogens with one attached hydrogen (secondary N) is 1. The molecule has 1 N–H and O–H groups in total. The van der Waals surface area contributed by atoms with Crippen molar-refractivity contribution in [3.63, 3.8) is 0 Å². The minimum absolute atomic E-state index is 0.126. The molecule has 0 saturated carbocycles. The number of carbonyl (C=O) groups is 1. The van der Waals surface area contributed by atoms with Gasteiger partial charge in [0, 0.05) is 11.6 Å². The molecule has 0 radical (unpaired) electrons. The first kappa shape index (κ1) is 10.8. The minimum atomic E-state index is 0.126. The first-order valence-electron chi connectivity index (χ1n) is 5.13. The third-order valence-corrected chi connectivity index (χ3v) is 2.40. The van der Waals surface area contributed by atoms with E-state index in [1.807, 2.05) is 44.2 Å². The average Bonchev–Trinajstić information content (AvgIpc) is 2.21. The van der Waals surface area contributed by atoms with Crippen LogP contribution in [0, 0.1) is 5.92 Å². The van der Waals surface area contributed by atoms with Crippen molar-refractivity contribution < 1.29 is 4.79 Å². The summed E-state index contributed by atoms with van der Waals surface area (Å²) in [6.07, 6.45) is 1.80. The summed E-state index contributed by atoms with van der Waals surface area (Å²) in [5.74, 6) is 0.261. The molecule has 0 aromatic heterocycles. The molecule has 14 heavy (non-hydrogen) atoms. The zero-order chi connectivity index (χ0) is 10.4. The maximum atomic E-state index is 11.7. The molecule has 0 saturated heterocycles. The molecule has 0 heterocycles. The molecule has 76 valence electrons.